The molecule has 0 saturated carbocycles. The molecular weight excluding hydrogens is 362 g/mol. The number of aromatic nitrogens is 1. The van der Waals surface area contributed by atoms with Crippen LogP contribution in [0, 0.1) is 0 Å². The van der Waals surface area contributed by atoms with Gasteiger partial charge in [0.25, 0.3) is 0 Å². The Bertz CT molecular complexity index is 1050. The summed E-state index contributed by atoms with van der Waals surface area (Å²) < 4.78 is 5.99. The van der Waals surface area contributed by atoms with Crippen LogP contribution in [0.5, 0.6) is 0 Å². The first-order chi connectivity index (χ1) is 13.9. The maximum Gasteiger partial charge on any atom is 0.150 e. The molecule has 4 heteroatoms. The third-order valence-corrected chi connectivity index (χ3v) is 6.31. The molecule has 1 aliphatic rings. The summed E-state index contributed by atoms with van der Waals surface area (Å²) in [6.07, 6.45) is 0. The Morgan fingerprint density at radius 1 is 0.714 bits per heavy atom. The van der Waals surface area contributed by atoms with Gasteiger partial charge in [-0.15, -0.1) is 0 Å². The zero-order valence-electron chi connectivity index (χ0n) is 15.8. The average Bonchev–Trinajstić information content (AvgIpc) is 3.20. The van der Waals surface area contributed by atoms with Crippen LogP contribution in [0.2, 0.25) is 0 Å². The molecule has 2 heterocycles. The third kappa shape index (κ3) is 3.53. The molecule has 28 heavy (non-hydrogen) atoms. The topological polar surface area (TPSA) is 19.4 Å². The highest BCUT2D eigenvalue weighted by Crippen LogP contribution is 2.30. The summed E-state index contributed by atoms with van der Waals surface area (Å²) in [5, 5.41) is 1.29. The van der Waals surface area contributed by atoms with Crippen LogP contribution >= 0.6 is 11.5 Å². The van der Waals surface area contributed by atoms with E-state index in [0.717, 1.165) is 38.5 Å². The van der Waals surface area contributed by atoms with E-state index in [9.17, 15) is 0 Å². The van der Waals surface area contributed by atoms with E-state index in [1.165, 1.54) is 26.8 Å². The van der Waals surface area contributed by atoms with E-state index < -0.39 is 0 Å². The summed E-state index contributed by atoms with van der Waals surface area (Å²) in [5.74, 6) is 1.16. The van der Waals surface area contributed by atoms with Crippen LogP contribution in [0.25, 0.3) is 21.2 Å². The Balaban J connectivity index is 1.22. The Morgan fingerprint density at radius 3 is 2.18 bits per heavy atom. The Labute approximate surface area is 170 Å². The highest BCUT2D eigenvalue weighted by molar-refractivity contribution is 7.13. The fourth-order valence-corrected chi connectivity index (χ4v) is 4.71. The molecule has 0 atom stereocenters. The van der Waals surface area contributed by atoms with Gasteiger partial charge in [0, 0.05) is 38.1 Å². The number of benzene rings is 3. The zero-order valence-corrected chi connectivity index (χ0v) is 16.6. The minimum atomic E-state index is 1.01. The molecule has 0 unspecified atom stereocenters. The van der Waals surface area contributed by atoms with Crippen molar-refractivity contribution >= 4 is 27.4 Å². The van der Waals surface area contributed by atoms with Crippen molar-refractivity contribution in [3.05, 3.63) is 84.4 Å². The van der Waals surface area contributed by atoms with Gasteiger partial charge in [-0.25, -0.2) is 0 Å². The average molecular weight is 386 g/mol. The fourth-order valence-electron chi connectivity index (χ4n) is 3.91. The van der Waals surface area contributed by atoms with E-state index in [1.807, 2.05) is 0 Å². The van der Waals surface area contributed by atoms with Gasteiger partial charge in [-0.2, -0.15) is 4.37 Å². The van der Waals surface area contributed by atoms with E-state index in [-0.39, 0.29) is 0 Å². The van der Waals surface area contributed by atoms with Gasteiger partial charge >= 0.3 is 0 Å². The second-order valence-corrected chi connectivity index (χ2v) is 8.13. The molecule has 0 aliphatic carbocycles. The van der Waals surface area contributed by atoms with Crippen LogP contribution in [-0.2, 0) is 6.54 Å². The van der Waals surface area contributed by atoms with Gasteiger partial charge in [0.1, 0.15) is 5.82 Å². The zero-order chi connectivity index (χ0) is 18.8. The molecule has 0 spiro atoms. The van der Waals surface area contributed by atoms with Gasteiger partial charge in [0.15, 0.2) is 0 Å². The van der Waals surface area contributed by atoms with E-state index in [0.29, 0.717) is 0 Å². The van der Waals surface area contributed by atoms with Crippen molar-refractivity contribution in [3.8, 4) is 11.1 Å². The van der Waals surface area contributed by atoms with Crippen LogP contribution in [-0.4, -0.2) is 35.5 Å². The number of rotatable bonds is 4. The van der Waals surface area contributed by atoms with Crippen LogP contribution in [0.15, 0.2) is 78.9 Å². The molecule has 140 valence electrons. The van der Waals surface area contributed by atoms with Crippen LogP contribution in [0.4, 0.5) is 5.82 Å². The molecule has 1 fully saturated rings. The number of nitrogens with zero attached hydrogens (tertiary/aromatic N) is 3. The number of anilines is 1. The smallest absolute Gasteiger partial charge is 0.150 e. The number of hydrogen-bond acceptors (Lipinski definition) is 4. The Kier molecular flexibility index (Phi) is 4.81. The predicted molar refractivity (Wildman–Crippen MR) is 119 cm³/mol. The van der Waals surface area contributed by atoms with Gasteiger partial charge in [-0.3, -0.25) is 4.90 Å². The second-order valence-electron chi connectivity index (χ2n) is 7.33. The highest BCUT2D eigenvalue weighted by Gasteiger charge is 2.20. The first-order valence-corrected chi connectivity index (χ1v) is 10.6. The third-order valence-electron chi connectivity index (χ3n) is 5.50. The predicted octanol–water partition coefficient (Wildman–Crippen LogP) is 5.29. The lowest BCUT2D eigenvalue weighted by Gasteiger charge is -2.35. The molecule has 1 aliphatic heterocycles. The Morgan fingerprint density at radius 2 is 1.39 bits per heavy atom. The number of fused-ring (bicyclic) bond motifs is 1. The van der Waals surface area contributed by atoms with Crippen LogP contribution < -0.4 is 4.90 Å². The van der Waals surface area contributed by atoms with Gasteiger partial charge < -0.3 is 4.90 Å². The SMILES string of the molecule is c1ccc(-c2ccc(CN3CCN(c4nsc5ccccc45)CC3)cc2)cc1. The molecule has 0 radical (unpaired) electrons. The maximum absolute atomic E-state index is 4.72. The van der Waals surface area contributed by atoms with Crippen molar-refractivity contribution in [2.24, 2.45) is 0 Å². The van der Waals surface area contributed by atoms with Gasteiger partial charge in [0.2, 0.25) is 0 Å². The van der Waals surface area contributed by atoms with Crippen molar-refractivity contribution in [3.63, 3.8) is 0 Å². The molecule has 3 aromatic carbocycles. The lowest BCUT2D eigenvalue weighted by atomic mass is 10.0. The summed E-state index contributed by atoms with van der Waals surface area (Å²) in [5.41, 5.74) is 3.94. The fraction of sp³-hybridized carbons (Fsp3) is 0.208. The van der Waals surface area contributed by atoms with E-state index in [4.69, 9.17) is 4.37 Å². The lowest BCUT2D eigenvalue weighted by molar-refractivity contribution is 0.249. The molecule has 4 aromatic rings. The molecule has 0 N–H and O–H groups in total. The molecule has 1 saturated heterocycles. The monoisotopic (exact) mass is 385 g/mol. The summed E-state index contributed by atoms with van der Waals surface area (Å²) in [6, 6.07) is 28.1. The first-order valence-electron chi connectivity index (χ1n) is 9.83. The largest absolute Gasteiger partial charge is 0.353 e. The van der Waals surface area contributed by atoms with Crippen molar-refractivity contribution in [2.45, 2.75) is 6.54 Å². The van der Waals surface area contributed by atoms with Gasteiger partial charge in [-0.1, -0.05) is 66.7 Å². The van der Waals surface area contributed by atoms with Crippen molar-refractivity contribution in [2.75, 3.05) is 31.1 Å². The first kappa shape index (κ1) is 17.4. The maximum atomic E-state index is 4.72. The van der Waals surface area contributed by atoms with Gasteiger partial charge in [-0.05, 0) is 40.4 Å². The highest BCUT2D eigenvalue weighted by atomic mass is 32.1. The second kappa shape index (κ2) is 7.74. The minimum Gasteiger partial charge on any atom is -0.353 e. The summed E-state index contributed by atoms with van der Waals surface area (Å²) >= 11 is 1.61. The summed E-state index contributed by atoms with van der Waals surface area (Å²) in [4.78, 5) is 4.98. The van der Waals surface area contributed by atoms with E-state index in [2.05, 4.69) is 88.7 Å². The standard InChI is InChI=1S/C24H23N3S/c1-2-6-20(7-3-1)21-12-10-19(11-13-21)18-26-14-16-27(17-15-26)24-22-8-4-5-9-23(22)28-25-24/h1-13H,14-18H2. The summed E-state index contributed by atoms with van der Waals surface area (Å²) in [7, 11) is 0. The van der Waals surface area contributed by atoms with Gasteiger partial charge in [0.05, 0.1) is 4.70 Å². The molecule has 0 bridgehead atoms. The molecule has 1 aromatic heterocycles. The number of piperazine rings is 1. The minimum absolute atomic E-state index is 1.01. The van der Waals surface area contributed by atoms with Crippen molar-refractivity contribution in [1.82, 2.24) is 9.27 Å². The van der Waals surface area contributed by atoms with E-state index >= 15 is 0 Å². The Hall–Kier alpha value is -2.69. The van der Waals surface area contributed by atoms with Crippen molar-refractivity contribution in [1.29, 1.82) is 0 Å². The lowest BCUT2D eigenvalue weighted by Crippen LogP contribution is -2.46. The molecule has 3 nitrogen and oxygen atoms in total. The number of hydrogen-bond donors (Lipinski definition) is 0. The van der Waals surface area contributed by atoms with Crippen LogP contribution in [0.3, 0.4) is 0 Å². The molecule has 5 rings (SSSR count). The summed E-state index contributed by atoms with van der Waals surface area (Å²) in [6.45, 7) is 5.24. The molecular formula is C24H23N3S. The molecule has 0 amide bonds. The quantitative estimate of drug-likeness (QED) is 0.476. The van der Waals surface area contributed by atoms with Crippen molar-refractivity contribution < 1.29 is 0 Å². The van der Waals surface area contributed by atoms with E-state index in [1.54, 1.807) is 11.5 Å². The normalized spacial score (nSPS) is 15.2. The van der Waals surface area contributed by atoms with Crippen LogP contribution in [0.1, 0.15) is 5.56 Å².